The monoisotopic (exact) mass is 358 g/mol. The summed E-state index contributed by atoms with van der Waals surface area (Å²) in [4.78, 5) is 0. The van der Waals surface area contributed by atoms with Gasteiger partial charge in [-0.3, -0.25) is 0 Å². The van der Waals surface area contributed by atoms with Crippen molar-refractivity contribution in [1.29, 1.82) is 0 Å². The van der Waals surface area contributed by atoms with Crippen molar-refractivity contribution in [1.82, 2.24) is 0 Å². The van der Waals surface area contributed by atoms with Gasteiger partial charge in [-0.1, -0.05) is 36.5 Å². The van der Waals surface area contributed by atoms with Gasteiger partial charge in [-0.05, 0) is 38.8 Å². The molecule has 0 aromatic heterocycles. The molecule has 3 fully saturated rings. The summed E-state index contributed by atoms with van der Waals surface area (Å²) >= 11 is 0. The maximum absolute atomic E-state index is 6.34. The molecule has 3 heterocycles. The molecule has 1 unspecified atom stereocenters. The minimum atomic E-state index is -0.639. The second kappa shape index (κ2) is 5.63. The number of fused-ring (bicyclic) bond motifs is 2. The molecule has 5 rings (SSSR count). The second-order valence-corrected chi connectivity index (χ2v) is 8.50. The van der Waals surface area contributed by atoms with Crippen LogP contribution in [0.15, 0.2) is 47.6 Å². The first-order valence-corrected chi connectivity index (χ1v) is 9.43. The highest BCUT2D eigenvalue weighted by atomic mass is 16.8. The maximum atomic E-state index is 6.34. The maximum Gasteiger partial charge on any atom is 0.188 e. The van der Waals surface area contributed by atoms with Gasteiger partial charge in [0.15, 0.2) is 17.9 Å². The van der Waals surface area contributed by atoms with E-state index in [2.05, 4.69) is 36.5 Å². The summed E-state index contributed by atoms with van der Waals surface area (Å²) < 4.78 is 30.6. The zero-order chi connectivity index (χ0) is 18.1. The lowest BCUT2D eigenvalue weighted by Gasteiger charge is -2.30. The molecule has 140 valence electrons. The lowest BCUT2D eigenvalue weighted by molar-refractivity contribution is -0.225. The van der Waals surface area contributed by atoms with Crippen LogP contribution in [0.5, 0.6) is 0 Å². The van der Waals surface area contributed by atoms with E-state index in [4.69, 9.17) is 23.7 Å². The summed E-state index contributed by atoms with van der Waals surface area (Å²) in [5, 5.41) is 0. The number of ether oxygens (including phenoxy) is 5. The van der Waals surface area contributed by atoms with E-state index >= 15 is 0 Å². The highest BCUT2D eigenvalue weighted by Gasteiger charge is 2.59. The lowest BCUT2D eigenvalue weighted by atomic mass is 9.83. The third-order valence-corrected chi connectivity index (χ3v) is 5.72. The Morgan fingerprint density at radius 3 is 2.46 bits per heavy atom. The van der Waals surface area contributed by atoms with E-state index in [-0.39, 0.29) is 30.5 Å². The molecule has 26 heavy (non-hydrogen) atoms. The van der Waals surface area contributed by atoms with Gasteiger partial charge in [0.25, 0.3) is 0 Å². The molecule has 0 saturated carbocycles. The van der Waals surface area contributed by atoms with Crippen LogP contribution in [0.1, 0.15) is 27.7 Å². The summed E-state index contributed by atoms with van der Waals surface area (Å²) in [5.41, 5.74) is 2.58. The predicted octanol–water partition coefficient (Wildman–Crippen LogP) is 3.24. The smallest absolute Gasteiger partial charge is 0.188 e. The number of hydrogen-bond acceptors (Lipinski definition) is 5. The van der Waals surface area contributed by atoms with E-state index in [1.807, 2.05) is 27.7 Å². The minimum absolute atomic E-state index is 0.0525. The molecular formula is C21H26O5. The first-order valence-electron chi connectivity index (χ1n) is 9.43. The third kappa shape index (κ3) is 2.65. The van der Waals surface area contributed by atoms with E-state index in [1.165, 1.54) is 11.1 Å². The van der Waals surface area contributed by atoms with Crippen LogP contribution in [0.4, 0.5) is 0 Å². The van der Waals surface area contributed by atoms with Crippen molar-refractivity contribution in [2.45, 2.75) is 63.9 Å². The highest BCUT2D eigenvalue weighted by Crippen LogP contribution is 2.49. The van der Waals surface area contributed by atoms with Gasteiger partial charge < -0.3 is 23.7 Å². The fourth-order valence-corrected chi connectivity index (χ4v) is 4.70. The molecule has 0 radical (unpaired) electrons. The van der Waals surface area contributed by atoms with Gasteiger partial charge in [0, 0.05) is 11.8 Å². The van der Waals surface area contributed by atoms with Crippen molar-refractivity contribution in [2.24, 2.45) is 11.8 Å². The molecule has 0 spiro atoms. The van der Waals surface area contributed by atoms with E-state index in [9.17, 15) is 0 Å². The van der Waals surface area contributed by atoms with Crippen molar-refractivity contribution in [2.75, 3.05) is 6.61 Å². The summed E-state index contributed by atoms with van der Waals surface area (Å²) in [6.07, 6.45) is 12.2. The molecule has 0 amide bonds. The minimum Gasteiger partial charge on any atom is -0.348 e. The number of rotatable bonds is 2. The fraction of sp³-hybridized carbons (Fsp3) is 0.619. The largest absolute Gasteiger partial charge is 0.348 e. The van der Waals surface area contributed by atoms with Crippen LogP contribution in [0.3, 0.4) is 0 Å². The van der Waals surface area contributed by atoms with Gasteiger partial charge in [0.2, 0.25) is 0 Å². The molecule has 0 bridgehead atoms. The highest BCUT2D eigenvalue weighted by molar-refractivity contribution is 5.50. The molecular weight excluding hydrogens is 332 g/mol. The number of allylic oxidation sites excluding steroid dienone is 7. The Balaban J connectivity index is 1.51. The lowest BCUT2D eigenvalue weighted by Crippen LogP contribution is -2.40. The molecule has 6 atom stereocenters. The van der Waals surface area contributed by atoms with Crippen LogP contribution >= 0.6 is 0 Å². The average Bonchev–Trinajstić information content (AvgIpc) is 3.28. The quantitative estimate of drug-likeness (QED) is 0.758. The second-order valence-electron chi connectivity index (χ2n) is 8.50. The molecule has 0 N–H and O–H groups in total. The Hall–Kier alpha value is -1.24. The first kappa shape index (κ1) is 16.9. The molecule has 0 aromatic rings. The first-order chi connectivity index (χ1) is 12.3. The summed E-state index contributed by atoms with van der Waals surface area (Å²) in [6, 6.07) is 0. The van der Waals surface area contributed by atoms with Crippen molar-refractivity contribution >= 4 is 0 Å². The van der Waals surface area contributed by atoms with Crippen LogP contribution < -0.4 is 0 Å². The van der Waals surface area contributed by atoms with Crippen LogP contribution in [0.25, 0.3) is 0 Å². The zero-order valence-electron chi connectivity index (χ0n) is 15.7. The fourth-order valence-electron chi connectivity index (χ4n) is 4.70. The topological polar surface area (TPSA) is 46.2 Å². The van der Waals surface area contributed by atoms with E-state index < -0.39 is 11.6 Å². The van der Waals surface area contributed by atoms with E-state index in [0.717, 1.165) is 0 Å². The Morgan fingerprint density at radius 1 is 0.846 bits per heavy atom. The van der Waals surface area contributed by atoms with Gasteiger partial charge >= 0.3 is 0 Å². The molecule has 3 saturated heterocycles. The van der Waals surface area contributed by atoms with Crippen molar-refractivity contribution in [3.8, 4) is 0 Å². The molecule has 3 aliphatic heterocycles. The molecule has 5 nitrogen and oxygen atoms in total. The molecule has 5 aliphatic rings. The van der Waals surface area contributed by atoms with E-state index in [1.54, 1.807) is 0 Å². The molecule has 2 aliphatic carbocycles. The van der Waals surface area contributed by atoms with Crippen molar-refractivity contribution in [3.63, 3.8) is 0 Å². The zero-order valence-corrected chi connectivity index (χ0v) is 15.7. The third-order valence-electron chi connectivity index (χ3n) is 5.72. The SMILES string of the molecule is CC1(C)O[C@H]2O[C@H]([C@H]3COC(C)(C)O3)[C@H](C3=C4C=CC=CC4C=C3)[C@H]2O1. The van der Waals surface area contributed by atoms with E-state index in [0.29, 0.717) is 12.5 Å². The summed E-state index contributed by atoms with van der Waals surface area (Å²) in [6.45, 7) is 8.27. The Kier molecular flexibility index (Phi) is 3.66. The van der Waals surface area contributed by atoms with Gasteiger partial charge in [-0.25, -0.2) is 0 Å². The van der Waals surface area contributed by atoms with Crippen LogP contribution in [-0.2, 0) is 23.7 Å². The Labute approximate surface area is 154 Å². The number of hydrogen-bond donors (Lipinski definition) is 0. The van der Waals surface area contributed by atoms with Gasteiger partial charge in [-0.15, -0.1) is 0 Å². The molecule has 5 heteroatoms. The van der Waals surface area contributed by atoms with Crippen molar-refractivity contribution < 1.29 is 23.7 Å². The van der Waals surface area contributed by atoms with Gasteiger partial charge in [0.1, 0.15) is 12.2 Å². The normalized spacial score (nSPS) is 44.8. The van der Waals surface area contributed by atoms with Crippen molar-refractivity contribution in [3.05, 3.63) is 47.6 Å². The van der Waals surface area contributed by atoms with Crippen LogP contribution in [0, 0.1) is 11.8 Å². The Bertz CT molecular complexity index is 729. The van der Waals surface area contributed by atoms with Crippen LogP contribution in [0.2, 0.25) is 0 Å². The summed E-state index contributed by atoms with van der Waals surface area (Å²) in [7, 11) is 0. The summed E-state index contributed by atoms with van der Waals surface area (Å²) in [5.74, 6) is -0.838. The standard InChI is InChI=1S/C21H26O5/c1-20(2)22-11-15(24-20)17-16(18-19(23-17)26-21(3,4)25-18)14-10-9-12-7-5-6-8-13(12)14/h5-10,12,15-19H,11H2,1-4H3/t12?,15-,16+,17-,18-,19-/m1/s1. The average molecular weight is 358 g/mol. The Morgan fingerprint density at radius 2 is 1.69 bits per heavy atom. The van der Waals surface area contributed by atoms with Gasteiger partial charge in [-0.2, -0.15) is 0 Å². The molecule has 0 aromatic carbocycles. The predicted molar refractivity (Wildman–Crippen MR) is 95.0 cm³/mol. The van der Waals surface area contributed by atoms with Crippen LogP contribution in [-0.4, -0.2) is 42.8 Å². The van der Waals surface area contributed by atoms with Gasteiger partial charge in [0.05, 0.1) is 12.7 Å².